The van der Waals surface area contributed by atoms with Crippen LogP contribution in [0.1, 0.15) is 46.5 Å². The molecule has 96 valence electrons. The number of rotatable bonds is 6. The Morgan fingerprint density at radius 2 is 1.56 bits per heavy atom. The van der Waals surface area contributed by atoms with E-state index in [2.05, 4.69) is 37.6 Å². The Hall–Kier alpha value is -0.0800. The Bertz CT molecular complexity index is 172. The zero-order valence-corrected chi connectivity index (χ0v) is 11.7. The molecule has 16 heavy (non-hydrogen) atoms. The molecule has 0 aromatic heterocycles. The van der Waals surface area contributed by atoms with E-state index in [9.17, 15) is 0 Å². The van der Waals surface area contributed by atoms with Crippen molar-refractivity contribution in [2.24, 2.45) is 5.92 Å². The normalized spacial score (nSPS) is 21.6. The first-order valence-corrected chi connectivity index (χ1v) is 7.06. The molecule has 0 aromatic rings. The number of piperazine rings is 1. The summed E-state index contributed by atoms with van der Waals surface area (Å²) in [6.07, 6.45) is 5.50. The molecule has 1 aliphatic rings. The van der Waals surface area contributed by atoms with Crippen molar-refractivity contribution in [2.75, 3.05) is 33.2 Å². The maximum Gasteiger partial charge on any atom is 0.0113 e. The predicted octanol–water partition coefficient (Wildman–Crippen LogP) is 2.84. The van der Waals surface area contributed by atoms with E-state index in [1.807, 2.05) is 0 Å². The summed E-state index contributed by atoms with van der Waals surface area (Å²) in [6.45, 7) is 12.1. The molecule has 1 unspecified atom stereocenters. The van der Waals surface area contributed by atoms with Crippen molar-refractivity contribution in [3.05, 3.63) is 0 Å². The minimum absolute atomic E-state index is 0.848. The Balaban J connectivity index is 2.36. The fourth-order valence-electron chi connectivity index (χ4n) is 2.56. The molecule has 0 spiro atoms. The van der Waals surface area contributed by atoms with E-state index in [4.69, 9.17) is 0 Å². The van der Waals surface area contributed by atoms with Gasteiger partial charge in [0.15, 0.2) is 0 Å². The first-order chi connectivity index (χ1) is 7.63. The summed E-state index contributed by atoms with van der Waals surface area (Å²) in [6, 6.07) is 0.848. The molecule has 1 fully saturated rings. The second kappa shape index (κ2) is 7.29. The van der Waals surface area contributed by atoms with Gasteiger partial charge in [0.1, 0.15) is 0 Å². The number of likely N-dealkylation sites (N-methyl/N-ethyl adjacent to an activating group) is 1. The highest BCUT2D eigenvalue weighted by Crippen LogP contribution is 2.18. The average molecular weight is 226 g/mol. The largest absolute Gasteiger partial charge is 0.304 e. The molecule has 0 N–H and O–H groups in total. The van der Waals surface area contributed by atoms with Gasteiger partial charge in [0.05, 0.1) is 0 Å². The average Bonchev–Trinajstić information content (AvgIpc) is 2.25. The van der Waals surface area contributed by atoms with E-state index < -0.39 is 0 Å². The highest BCUT2D eigenvalue weighted by Gasteiger charge is 2.21. The Morgan fingerprint density at radius 3 is 2.06 bits per heavy atom. The van der Waals surface area contributed by atoms with E-state index in [1.54, 1.807) is 0 Å². The highest BCUT2D eigenvalue weighted by atomic mass is 15.3. The van der Waals surface area contributed by atoms with Crippen LogP contribution in [0.3, 0.4) is 0 Å². The van der Waals surface area contributed by atoms with Gasteiger partial charge in [0.25, 0.3) is 0 Å². The fraction of sp³-hybridized carbons (Fsp3) is 1.00. The van der Waals surface area contributed by atoms with Crippen molar-refractivity contribution in [3.8, 4) is 0 Å². The van der Waals surface area contributed by atoms with Crippen LogP contribution in [-0.4, -0.2) is 49.1 Å². The molecule has 0 aliphatic carbocycles. The van der Waals surface area contributed by atoms with Crippen LogP contribution >= 0.6 is 0 Å². The SMILES string of the molecule is CCCC(CCC(C)C)N1CCN(C)CC1. The van der Waals surface area contributed by atoms with Gasteiger partial charge in [0, 0.05) is 32.2 Å². The predicted molar refractivity (Wildman–Crippen MR) is 71.8 cm³/mol. The van der Waals surface area contributed by atoms with Gasteiger partial charge in [-0.1, -0.05) is 27.2 Å². The van der Waals surface area contributed by atoms with Gasteiger partial charge < -0.3 is 4.90 Å². The first kappa shape index (κ1) is 14.0. The van der Waals surface area contributed by atoms with Crippen molar-refractivity contribution in [1.29, 1.82) is 0 Å². The smallest absolute Gasteiger partial charge is 0.0113 e. The number of hydrogen-bond acceptors (Lipinski definition) is 2. The summed E-state index contributed by atoms with van der Waals surface area (Å²) in [5, 5.41) is 0. The zero-order chi connectivity index (χ0) is 12.0. The number of nitrogens with zero attached hydrogens (tertiary/aromatic N) is 2. The molecule has 0 saturated carbocycles. The maximum absolute atomic E-state index is 2.73. The minimum Gasteiger partial charge on any atom is -0.304 e. The molecule has 0 amide bonds. The van der Waals surface area contributed by atoms with E-state index >= 15 is 0 Å². The second-order valence-corrected chi connectivity index (χ2v) is 5.75. The summed E-state index contributed by atoms with van der Waals surface area (Å²) < 4.78 is 0. The van der Waals surface area contributed by atoms with Gasteiger partial charge in [-0.25, -0.2) is 0 Å². The zero-order valence-electron chi connectivity index (χ0n) is 11.7. The van der Waals surface area contributed by atoms with Crippen molar-refractivity contribution in [2.45, 2.75) is 52.5 Å². The number of hydrogen-bond donors (Lipinski definition) is 0. The second-order valence-electron chi connectivity index (χ2n) is 5.75. The molecule has 0 radical (unpaired) electrons. The van der Waals surface area contributed by atoms with Gasteiger partial charge in [-0.3, -0.25) is 4.90 Å². The van der Waals surface area contributed by atoms with Crippen molar-refractivity contribution < 1.29 is 0 Å². The summed E-state index contributed by atoms with van der Waals surface area (Å²) in [5.74, 6) is 0.854. The van der Waals surface area contributed by atoms with Gasteiger partial charge in [0.2, 0.25) is 0 Å². The third-order valence-electron chi connectivity index (χ3n) is 3.75. The van der Waals surface area contributed by atoms with Crippen LogP contribution in [-0.2, 0) is 0 Å². The lowest BCUT2D eigenvalue weighted by Crippen LogP contribution is -2.49. The third-order valence-corrected chi connectivity index (χ3v) is 3.75. The molecule has 1 saturated heterocycles. The lowest BCUT2D eigenvalue weighted by molar-refractivity contribution is 0.0986. The molecule has 0 bridgehead atoms. The van der Waals surface area contributed by atoms with Crippen LogP contribution in [0.15, 0.2) is 0 Å². The fourth-order valence-corrected chi connectivity index (χ4v) is 2.56. The summed E-state index contributed by atoms with van der Waals surface area (Å²) >= 11 is 0. The lowest BCUT2D eigenvalue weighted by Gasteiger charge is -2.38. The molecular weight excluding hydrogens is 196 g/mol. The van der Waals surface area contributed by atoms with Crippen LogP contribution in [0, 0.1) is 5.92 Å². The summed E-state index contributed by atoms with van der Waals surface area (Å²) in [5.41, 5.74) is 0. The van der Waals surface area contributed by atoms with Crippen molar-refractivity contribution >= 4 is 0 Å². The first-order valence-electron chi connectivity index (χ1n) is 7.06. The van der Waals surface area contributed by atoms with Crippen molar-refractivity contribution in [3.63, 3.8) is 0 Å². The minimum atomic E-state index is 0.848. The Kier molecular flexibility index (Phi) is 6.37. The van der Waals surface area contributed by atoms with Crippen LogP contribution in [0.2, 0.25) is 0 Å². The van der Waals surface area contributed by atoms with Crippen LogP contribution in [0.25, 0.3) is 0 Å². The standard InChI is InChI=1S/C14H30N2/c1-5-6-14(8-7-13(2)3)16-11-9-15(4)10-12-16/h13-14H,5-12H2,1-4H3. The summed E-state index contributed by atoms with van der Waals surface area (Å²) in [4.78, 5) is 5.17. The molecule has 0 aromatic carbocycles. The van der Waals surface area contributed by atoms with Gasteiger partial charge in [-0.05, 0) is 32.2 Å². The molecule has 1 atom stereocenters. The van der Waals surface area contributed by atoms with E-state index in [1.165, 1.54) is 51.9 Å². The molecule has 2 nitrogen and oxygen atoms in total. The molecule has 1 aliphatic heterocycles. The quantitative estimate of drug-likeness (QED) is 0.687. The van der Waals surface area contributed by atoms with Crippen LogP contribution in [0.4, 0.5) is 0 Å². The maximum atomic E-state index is 2.73. The molecule has 1 heterocycles. The molecule has 2 heteroatoms. The third kappa shape index (κ3) is 4.84. The van der Waals surface area contributed by atoms with E-state index in [0.717, 1.165) is 12.0 Å². The van der Waals surface area contributed by atoms with E-state index in [-0.39, 0.29) is 0 Å². The van der Waals surface area contributed by atoms with Gasteiger partial charge in [-0.15, -0.1) is 0 Å². The lowest BCUT2D eigenvalue weighted by atomic mass is 9.98. The van der Waals surface area contributed by atoms with Crippen LogP contribution < -0.4 is 0 Å². The highest BCUT2D eigenvalue weighted by molar-refractivity contribution is 4.77. The topological polar surface area (TPSA) is 6.48 Å². The van der Waals surface area contributed by atoms with E-state index in [0.29, 0.717) is 0 Å². The van der Waals surface area contributed by atoms with Gasteiger partial charge in [-0.2, -0.15) is 0 Å². The molecular formula is C14H30N2. The molecule has 1 rings (SSSR count). The summed E-state index contributed by atoms with van der Waals surface area (Å²) in [7, 11) is 2.24. The monoisotopic (exact) mass is 226 g/mol. The Labute approximate surface area is 102 Å². The van der Waals surface area contributed by atoms with Crippen molar-refractivity contribution in [1.82, 2.24) is 9.80 Å². The van der Waals surface area contributed by atoms with Gasteiger partial charge >= 0.3 is 0 Å². The van der Waals surface area contributed by atoms with Crippen LogP contribution in [0.5, 0.6) is 0 Å². The Morgan fingerprint density at radius 1 is 0.938 bits per heavy atom.